The molecule has 0 saturated heterocycles. The molecule has 0 fully saturated rings. The molecule has 2 heterocycles. The number of hydrogen-bond donors (Lipinski definition) is 2. The zero-order valence-corrected chi connectivity index (χ0v) is 17.0. The Balaban J connectivity index is 1.52. The number of rotatable bonds is 5. The van der Waals surface area contributed by atoms with Crippen molar-refractivity contribution in [2.75, 3.05) is 5.43 Å². The van der Waals surface area contributed by atoms with Crippen LogP contribution in [0.5, 0.6) is 5.75 Å². The molecule has 0 aliphatic carbocycles. The number of phenols is 1. The van der Waals surface area contributed by atoms with Gasteiger partial charge in [0.15, 0.2) is 5.65 Å². The van der Waals surface area contributed by atoms with E-state index in [2.05, 4.69) is 48.5 Å². The predicted octanol–water partition coefficient (Wildman–Crippen LogP) is 4.83. The van der Waals surface area contributed by atoms with Gasteiger partial charge in [-0.2, -0.15) is 10.1 Å². The second-order valence-corrected chi connectivity index (χ2v) is 7.35. The average Bonchev–Trinajstić information content (AvgIpc) is 3.10. The monoisotopic (exact) mass is 428 g/mol. The van der Waals surface area contributed by atoms with Gasteiger partial charge in [-0.3, -0.25) is 0 Å². The summed E-state index contributed by atoms with van der Waals surface area (Å²) in [6.07, 6.45) is 1.45. The molecule has 0 saturated carbocycles. The molecule has 0 atom stereocenters. The summed E-state index contributed by atoms with van der Waals surface area (Å²) in [5.74, 6) is 0.217. The maximum Gasteiger partial charge on any atom is 0.265 e. The van der Waals surface area contributed by atoms with Crippen molar-refractivity contribution in [3.05, 3.63) is 88.9 Å². The number of aromatic nitrogens is 4. The van der Waals surface area contributed by atoms with E-state index in [-0.39, 0.29) is 16.7 Å². The number of phenolic OH excluding ortho intramolecular Hbond substituents is 1. The van der Waals surface area contributed by atoms with Crippen molar-refractivity contribution in [1.82, 2.24) is 19.7 Å². The summed E-state index contributed by atoms with van der Waals surface area (Å²) < 4.78 is 2.12. The highest BCUT2D eigenvalue weighted by molar-refractivity contribution is 6.32. The van der Waals surface area contributed by atoms with Crippen LogP contribution in [0.1, 0.15) is 11.1 Å². The minimum Gasteiger partial charge on any atom is -0.506 e. The van der Waals surface area contributed by atoms with Gasteiger partial charge in [-0.05, 0) is 23.8 Å². The lowest BCUT2D eigenvalue weighted by Crippen LogP contribution is -2.04. The van der Waals surface area contributed by atoms with Gasteiger partial charge in [-0.15, -0.1) is 10.2 Å². The molecular formula is C23H17ClN6O. The fourth-order valence-corrected chi connectivity index (χ4v) is 3.65. The Labute approximate surface area is 182 Å². The first-order chi connectivity index (χ1) is 15.2. The molecule has 5 aromatic rings. The molecule has 0 radical (unpaired) electrons. The number of hydrogen-bond acceptors (Lipinski definition) is 6. The molecule has 0 bridgehead atoms. The van der Waals surface area contributed by atoms with E-state index in [4.69, 9.17) is 11.6 Å². The summed E-state index contributed by atoms with van der Waals surface area (Å²) in [5, 5.41) is 23.9. The van der Waals surface area contributed by atoms with Gasteiger partial charge in [-0.1, -0.05) is 66.2 Å². The first-order valence-corrected chi connectivity index (χ1v) is 10.0. The van der Waals surface area contributed by atoms with E-state index in [1.54, 1.807) is 18.2 Å². The molecular weight excluding hydrogens is 412 g/mol. The van der Waals surface area contributed by atoms with Gasteiger partial charge < -0.3 is 9.67 Å². The van der Waals surface area contributed by atoms with Crippen LogP contribution in [0.25, 0.3) is 22.1 Å². The molecule has 2 N–H and O–H groups in total. The van der Waals surface area contributed by atoms with Crippen LogP contribution in [-0.2, 0) is 6.54 Å². The molecule has 0 aliphatic rings. The summed E-state index contributed by atoms with van der Waals surface area (Å²) in [4.78, 5) is 4.66. The second-order valence-electron chi connectivity index (χ2n) is 6.94. The normalized spacial score (nSPS) is 11.5. The molecule has 0 unspecified atom stereocenters. The number of hydrazone groups is 1. The average molecular weight is 429 g/mol. The van der Waals surface area contributed by atoms with Crippen molar-refractivity contribution in [1.29, 1.82) is 0 Å². The Morgan fingerprint density at radius 2 is 1.77 bits per heavy atom. The van der Waals surface area contributed by atoms with Gasteiger partial charge >= 0.3 is 0 Å². The number of nitrogens with one attached hydrogen (secondary N) is 1. The third-order valence-corrected chi connectivity index (χ3v) is 5.25. The number of fused-ring (bicyclic) bond motifs is 3. The van der Waals surface area contributed by atoms with Gasteiger partial charge in [0.25, 0.3) is 5.95 Å². The van der Waals surface area contributed by atoms with Gasteiger partial charge in [-0.25, -0.2) is 5.43 Å². The van der Waals surface area contributed by atoms with Crippen molar-refractivity contribution in [3.8, 4) is 5.75 Å². The maximum absolute atomic E-state index is 10.00. The highest BCUT2D eigenvalue weighted by Crippen LogP contribution is 2.28. The van der Waals surface area contributed by atoms with Crippen molar-refractivity contribution in [2.45, 2.75) is 6.54 Å². The molecule has 0 aliphatic heterocycles. The summed E-state index contributed by atoms with van der Waals surface area (Å²) in [6, 6.07) is 23.3. The largest absolute Gasteiger partial charge is 0.506 e. The van der Waals surface area contributed by atoms with E-state index in [0.29, 0.717) is 17.8 Å². The second kappa shape index (κ2) is 8.04. The van der Waals surface area contributed by atoms with E-state index in [0.717, 1.165) is 22.0 Å². The number of halogens is 1. The van der Waals surface area contributed by atoms with Crippen molar-refractivity contribution < 1.29 is 5.11 Å². The van der Waals surface area contributed by atoms with E-state index in [1.165, 1.54) is 6.21 Å². The van der Waals surface area contributed by atoms with Crippen LogP contribution < -0.4 is 5.43 Å². The smallest absolute Gasteiger partial charge is 0.265 e. The van der Waals surface area contributed by atoms with Crippen LogP contribution in [0.15, 0.2) is 77.9 Å². The molecule has 0 spiro atoms. The third kappa shape index (κ3) is 3.67. The van der Waals surface area contributed by atoms with Crippen molar-refractivity contribution >= 4 is 45.8 Å². The Morgan fingerprint density at radius 1 is 0.968 bits per heavy atom. The minimum atomic E-state index is -0.0350. The zero-order chi connectivity index (χ0) is 21.2. The van der Waals surface area contributed by atoms with Crippen molar-refractivity contribution in [3.63, 3.8) is 0 Å². The molecule has 0 amide bonds. The molecule has 8 heteroatoms. The Kier molecular flexibility index (Phi) is 4.93. The fraction of sp³-hybridized carbons (Fsp3) is 0.0435. The quantitative estimate of drug-likeness (QED) is 0.309. The molecule has 152 valence electrons. The Bertz CT molecular complexity index is 1410. The minimum absolute atomic E-state index is 0.0350. The number of aromatic hydroxyl groups is 1. The van der Waals surface area contributed by atoms with Crippen LogP contribution in [0.4, 0.5) is 5.95 Å². The number of anilines is 1. The standard InChI is InChI=1S/C23H17ClN6O/c24-18-11-6-9-16(21(18)31)13-25-28-23-26-22-20(27-29-23)17-10-4-5-12-19(17)30(22)14-15-7-2-1-3-8-15/h1-13,31H,14H2,(H,26,28,29)/b25-13+. The van der Waals surface area contributed by atoms with Crippen LogP contribution >= 0.6 is 11.6 Å². The predicted molar refractivity (Wildman–Crippen MR) is 123 cm³/mol. The highest BCUT2D eigenvalue weighted by Gasteiger charge is 2.14. The fourth-order valence-electron chi connectivity index (χ4n) is 3.47. The first-order valence-electron chi connectivity index (χ1n) is 9.63. The van der Waals surface area contributed by atoms with Crippen LogP contribution in [0, 0.1) is 0 Å². The lowest BCUT2D eigenvalue weighted by atomic mass is 10.2. The molecule has 2 aromatic heterocycles. The summed E-state index contributed by atoms with van der Waals surface area (Å²) >= 11 is 5.93. The lowest BCUT2D eigenvalue weighted by molar-refractivity contribution is 0.475. The van der Waals surface area contributed by atoms with Crippen LogP contribution in [-0.4, -0.2) is 31.1 Å². The lowest BCUT2D eigenvalue weighted by Gasteiger charge is -2.07. The van der Waals surface area contributed by atoms with Crippen LogP contribution in [0.2, 0.25) is 5.02 Å². The molecule has 31 heavy (non-hydrogen) atoms. The summed E-state index contributed by atoms with van der Waals surface area (Å²) in [6.45, 7) is 0.655. The van der Waals surface area contributed by atoms with Gasteiger partial charge in [0.05, 0.1) is 16.8 Å². The maximum atomic E-state index is 10.00. The van der Waals surface area contributed by atoms with E-state index < -0.39 is 0 Å². The zero-order valence-electron chi connectivity index (χ0n) is 16.3. The third-order valence-electron chi connectivity index (χ3n) is 4.94. The van der Waals surface area contributed by atoms with Gasteiger partial charge in [0.1, 0.15) is 11.3 Å². The van der Waals surface area contributed by atoms with E-state index >= 15 is 0 Å². The van der Waals surface area contributed by atoms with Crippen LogP contribution in [0.3, 0.4) is 0 Å². The van der Waals surface area contributed by atoms with Crippen molar-refractivity contribution in [2.24, 2.45) is 5.10 Å². The van der Waals surface area contributed by atoms with Gasteiger partial charge in [0.2, 0.25) is 0 Å². The number of benzene rings is 3. The number of nitrogens with zero attached hydrogens (tertiary/aromatic N) is 5. The summed E-state index contributed by atoms with van der Waals surface area (Å²) in [7, 11) is 0. The van der Waals surface area contributed by atoms with E-state index in [1.807, 2.05) is 36.4 Å². The van der Waals surface area contributed by atoms with Gasteiger partial charge in [0, 0.05) is 17.5 Å². The topological polar surface area (TPSA) is 88.2 Å². The molecule has 3 aromatic carbocycles. The SMILES string of the molecule is Oc1c(Cl)cccc1/C=N/Nc1nnc2c3ccccc3n(Cc3ccccc3)c2n1. The number of para-hydroxylation sites is 2. The van der Waals surface area contributed by atoms with E-state index in [9.17, 15) is 5.11 Å². The first kappa shape index (κ1) is 19.0. The molecule has 7 nitrogen and oxygen atoms in total. The Hall–Kier alpha value is -3.97. The Morgan fingerprint density at radius 3 is 2.65 bits per heavy atom. The summed E-state index contributed by atoms with van der Waals surface area (Å²) in [5.41, 5.74) is 6.90. The molecule has 5 rings (SSSR count). The highest BCUT2D eigenvalue weighted by atomic mass is 35.5.